The van der Waals surface area contributed by atoms with Crippen LogP contribution in [0, 0.1) is 35.4 Å². The Labute approximate surface area is 134 Å². The largest absolute Gasteiger partial charge is 0.313 e. The topological polar surface area (TPSA) is 12.0 Å². The van der Waals surface area contributed by atoms with Crippen LogP contribution in [-0.4, -0.2) is 7.05 Å². The molecule has 1 nitrogen and oxygen atoms in total. The van der Waals surface area contributed by atoms with Gasteiger partial charge in [-0.05, 0) is 90.7 Å². The number of nitrogens with one attached hydrogen (secondary N) is 1. The van der Waals surface area contributed by atoms with Crippen LogP contribution in [0.3, 0.4) is 0 Å². The highest BCUT2D eigenvalue weighted by Crippen LogP contribution is 2.59. The molecule has 1 aromatic carbocycles. The highest BCUT2D eigenvalue weighted by Gasteiger charge is 2.50. The van der Waals surface area contributed by atoms with Gasteiger partial charge in [-0.1, -0.05) is 12.1 Å². The summed E-state index contributed by atoms with van der Waals surface area (Å²) in [6.45, 7) is 0. The minimum Gasteiger partial charge on any atom is -0.313 e. The van der Waals surface area contributed by atoms with Crippen molar-refractivity contribution in [1.82, 2.24) is 5.32 Å². The van der Waals surface area contributed by atoms with Crippen LogP contribution < -0.4 is 5.32 Å². The zero-order valence-electron chi connectivity index (χ0n) is 12.5. The lowest BCUT2D eigenvalue weighted by Crippen LogP contribution is -2.49. The summed E-state index contributed by atoms with van der Waals surface area (Å²) in [5.41, 5.74) is 0.851. The van der Waals surface area contributed by atoms with Crippen molar-refractivity contribution in [2.24, 2.45) is 29.6 Å². The molecule has 3 heteroatoms. The molecule has 0 aliphatic heterocycles. The molecule has 0 aromatic heterocycles. The van der Waals surface area contributed by atoms with Crippen molar-refractivity contribution in [1.29, 1.82) is 0 Å². The molecule has 114 valence electrons. The van der Waals surface area contributed by atoms with E-state index in [2.05, 4.69) is 21.2 Å². The van der Waals surface area contributed by atoms with Gasteiger partial charge >= 0.3 is 0 Å². The Morgan fingerprint density at radius 2 is 1.71 bits per heavy atom. The van der Waals surface area contributed by atoms with Crippen LogP contribution in [0.2, 0.25) is 0 Å². The molecule has 1 atom stereocenters. The Bertz CT molecular complexity index is 516. The number of benzene rings is 1. The van der Waals surface area contributed by atoms with Crippen molar-refractivity contribution in [3.05, 3.63) is 34.1 Å². The number of hydrogen-bond acceptors (Lipinski definition) is 1. The first-order valence-corrected chi connectivity index (χ1v) is 9.07. The molecule has 4 aliphatic rings. The molecule has 0 saturated heterocycles. The highest BCUT2D eigenvalue weighted by molar-refractivity contribution is 9.10. The summed E-state index contributed by atoms with van der Waals surface area (Å²) in [7, 11) is 2.00. The summed E-state index contributed by atoms with van der Waals surface area (Å²) in [4.78, 5) is 0. The average Bonchev–Trinajstić information content (AvgIpc) is 2.46. The third-order valence-electron chi connectivity index (χ3n) is 6.31. The highest BCUT2D eigenvalue weighted by atomic mass is 79.9. The van der Waals surface area contributed by atoms with Crippen LogP contribution in [0.5, 0.6) is 0 Å². The van der Waals surface area contributed by atoms with Gasteiger partial charge in [-0.3, -0.25) is 0 Å². The molecule has 4 aliphatic carbocycles. The lowest BCUT2D eigenvalue weighted by molar-refractivity contribution is -0.0519. The molecule has 21 heavy (non-hydrogen) atoms. The second-order valence-corrected chi connectivity index (χ2v) is 8.27. The van der Waals surface area contributed by atoms with E-state index in [0.29, 0.717) is 10.4 Å². The minimum atomic E-state index is -0.0781. The first kappa shape index (κ1) is 14.2. The lowest BCUT2D eigenvalue weighted by atomic mass is 9.50. The quantitative estimate of drug-likeness (QED) is 0.814. The van der Waals surface area contributed by atoms with E-state index in [9.17, 15) is 4.39 Å². The smallest absolute Gasteiger partial charge is 0.142 e. The summed E-state index contributed by atoms with van der Waals surface area (Å²) in [6.07, 6.45) is 6.99. The van der Waals surface area contributed by atoms with Crippen LogP contribution in [0.15, 0.2) is 22.7 Å². The Hall–Kier alpha value is -0.410. The van der Waals surface area contributed by atoms with Gasteiger partial charge in [-0.25, -0.2) is 4.39 Å². The predicted octanol–water partition coefficient (Wildman–Crippen LogP) is 4.92. The molecule has 1 aromatic rings. The van der Waals surface area contributed by atoms with E-state index in [1.807, 2.05) is 19.2 Å². The van der Waals surface area contributed by atoms with Gasteiger partial charge in [0.15, 0.2) is 0 Å². The average molecular weight is 352 g/mol. The Morgan fingerprint density at radius 3 is 2.29 bits per heavy atom. The van der Waals surface area contributed by atoms with Gasteiger partial charge in [0.1, 0.15) is 5.82 Å². The molecule has 1 N–H and O–H groups in total. The summed E-state index contributed by atoms with van der Waals surface area (Å²) < 4.78 is 15.2. The van der Waals surface area contributed by atoms with E-state index in [1.165, 1.54) is 32.1 Å². The van der Waals surface area contributed by atoms with E-state index in [1.54, 1.807) is 6.07 Å². The maximum absolute atomic E-state index is 14.6. The Balaban J connectivity index is 1.68. The summed E-state index contributed by atoms with van der Waals surface area (Å²) in [5.74, 6) is 4.08. The molecule has 4 bridgehead atoms. The van der Waals surface area contributed by atoms with Crippen LogP contribution in [-0.2, 0) is 0 Å². The number of hydrogen-bond donors (Lipinski definition) is 1. The summed E-state index contributed by atoms with van der Waals surface area (Å²) in [6, 6.07) is 5.88. The van der Waals surface area contributed by atoms with Crippen LogP contribution in [0.4, 0.5) is 4.39 Å². The fourth-order valence-electron chi connectivity index (χ4n) is 5.83. The van der Waals surface area contributed by atoms with Crippen LogP contribution >= 0.6 is 15.9 Å². The van der Waals surface area contributed by atoms with Gasteiger partial charge in [-0.15, -0.1) is 0 Å². The fourth-order valence-corrected chi connectivity index (χ4v) is 6.21. The lowest BCUT2D eigenvalue weighted by Gasteiger charge is -2.56. The Kier molecular flexibility index (Phi) is 3.61. The monoisotopic (exact) mass is 351 g/mol. The predicted molar refractivity (Wildman–Crippen MR) is 86.4 cm³/mol. The van der Waals surface area contributed by atoms with Crippen molar-refractivity contribution in [2.75, 3.05) is 7.05 Å². The maximum atomic E-state index is 14.6. The maximum Gasteiger partial charge on any atom is 0.142 e. The first-order chi connectivity index (χ1) is 10.2. The third kappa shape index (κ3) is 2.28. The molecule has 0 radical (unpaired) electrons. The normalized spacial score (nSPS) is 38.7. The second-order valence-electron chi connectivity index (χ2n) is 7.42. The van der Waals surface area contributed by atoms with Crippen molar-refractivity contribution < 1.29 is 4.39 Å². The molecule has 4 fully saturated rings. The van der Waals surface area contributed by atoms with Gasteiger partial charge in [0, 0.05) is 11.6 Å². The van der Waals surface area contributed by atoms with Crippen molar-refractivity contribution >= 4 is 15.9 Å². The van der Waals surface area contributed by atoms with Crippen LogP contribution in [0.25, 0.3) is 0 Å². The molecule has 0 amide bonds. The minimum absolute atomic E-state index is 0.0781. The Morgan fingerprint density at radius 1 is 1.10 bits per heavy atom. The zero-order valence-corrected chi connectivity index (χ0v) is 14.1. The van der Waals surface area contributed by atoms with E-state index in [-0.39, 0.29) is 11.9 Å². The van der Waals surface area contributed by atoms with Crippen molar-refractivity contribution in [3.63, 3.8) is 0 Å². The van der Waals surface area contributed by atoms with Gasteiger partial charge in [-0.2, -0.15) is 0 Å². The number of halogens is 2. The molecular formula is C18H23BrFN. The van der Waals surface area contributed by atoms with E-state index in [0.717, 1.165) is 29.2 Å². The number of rotatable bonds is 3. The fraction of sp³-hybridized carbons (Fsp3) is 0.667. The van der Waals surface area contributed by atoms with E-state index in [4.69, 9.17) is 0 Å². The van der Waals surface area contributed by atoms with Gasteiger partial charge < -0.3 is 5.32 Å². The van der Waals surface area contributed by atoms with Gasteiger partial charge in [0.2, 0.25) is 0 Å². The van der Waals surface area contributed by atoms with Gasteiger partial charge in [0.05, 0.1) is 4.47 Å². The van der Waals surface area contributed by atoms with Crippen LogP contribution in [0.1, 0.15) is 43.7 Å². The van der Waals surface area contributed by atoms with E-state index >= 15 is 0 Å². The molecule has 1 unspecified atom stereocenters. The second kappa shape index (κ2) is 5.34. The third-order valence-corrected chi connectivity index (χ3v) is 6.92. The molecule has 0 spiro atoms. The van der Waals surface area contributed by atoms with Crippen molar-refractivity contribution in [2.45, 2.75) is 38.1 Å². The van der Waals surface area contributed by atoms with Crippen molar-refractivity contribution in [3.8, 4) is 0 Å². The van der Waals surface area contributed by atoms with Gasteiger partial charge in [0.25, 0.3) is 0 Å². The molecular weight excluding hydrogens is 329 g/mol. The SMILES string of the molecule is CNC(c1cccc(Br)c1F)C1C2CC3CC(C2)CC1C3. The standard InChI is InChI=1S/C18H23BrFN/c1-21-18(14-3-2-4-15(19)17(14)20)16-12-6-10-5-11(8-12)9-13(16)7-10/h2-4,10-13,16,18,21H,5-9H2,1H3. The van der Waals surface area contributed by atoms with E-state index < -0.39 is 0 Å². The molecule has 4 saturated carbocycles. The zero-order chi connectivity index (χ0) is 14.6. The molecule has 0 heterocycles. The molecule has 5 rings (SSSR count). The first-order valence-electron chi connectivity index (χ1n) is 8.28. The summed E-state index contributed by atoms with van der Waals surface area (Å²) >= 11 is 3.34. The summed E-state index contributed by atoms with van der Waals surface area (Å²) in [5, 5.41) is 3.45.